The van der Waals surface area contributed by atoms with E-state index >= 15 is 0 Å². The molecule has 1 saturated heterocycles. The van der Waals surface area contributed by atoms with Crippen LogP contribution in [-0.2, 0) is 4.79 Å². The van der Waals surface area contributed by atoms with Crippen LogP contribution >= 0.6 is 11.6 Å². The monoisotopic (exact) mass is 554 g/mol. The highest BCUT2D eigenvalue weighted by Gasteiger charge is 2.40. The van der Waals surface area contributed by atoms with E-state index in [9.17, 15) is 14.4 Å². The number of aromatic nitrogens is 3. The SMILES string of the molecule is C=CC(=O)N1CCN(c2nc(=O)n3c4c2cc(Cl)c(-c2ccccc2C=O)[n+]4C(C)c2cccc(C)c2-3)[C@@H](C)C1. The number of pyridine rings is 1. The van der Waals surface area contributed by atoms with Gasteiger partial charge in [0.25, 0.3) is 0 Å². The number of aldehydes is 1. The normalized spacial score (nSPS) is 18.0. The number of hydrogen-bond acceptors (Lipinski definition) is 5. The third kappa shape index (κ3) is 3.78. The molecule has 0 spiro atoms. The van der Waals surface area contributed by atoms with E-state index in [2.05, 4.69) is 28.0 Å². The summed E-state index contributed by atoms with van der Waals surface area (Å²) in [5.41, 5.74) is 4.88. The Labute approximate surface area is 236 Å². The summed E-state index contributed by atoms with van der Waals surface area (Å²) in [5, 5.41) is 1.18. The van der Waals surface area contributed by atoms with Gasteiger partial charge < -0.3 is 9.80 Å². The summed E-state index contributed by atoms with van der Waals surface area (Å²) in [4.78, 5) is 46.8. The molecule has 9 heteroatoms. The summed E-state index contributed by atoms with van der Waals surface area (Å²) >= 11 is 7.09. The molecule has 2 aliphatic rings. The maximum absolute atomic E-state index is 14.0. The minimum Gasteiger partial charge on any atom is -0.349 e. The number of piperazine rings is 1. The molecule has 0 radical (unpaired) electrons. The Morgan fingerprint density at radius 3 is 2.65 bits per heavy atom. The molecule has 8 nitrogen and oxygen atoms in total. The molecule has 2 atom stereocenters. The molecular weight excluding hydrogens is 526 g/mol. The van der Waals surface area contributed by atoms with Crippen molar-refractivity contribution in [2.75, 3.05) is 24.5 Å². The number of carbonyl (C=O) groups excluding carboxylic acids is 2. The van der Waals surface area contributed by atoms with Crippen LogP contribution in [-0.4, -0.2) is 52.3 Å². The van der Waals surface area contributed by atoms with Crippen LogP contribution in [0.2, 0.25) is 5.02 Å². The van der Waals surface area contributed by atoms with Crippen LogP contribution in [0.1, 0.15) is 41.4 Å². The van der Waals surface area contributed by atoms with Crippen LogP contribution in [0.25, 0.3) is 28.0 Å². The van der Waals surface area contributed by atoms with Crippen LogP contribution in [0, 0.1) is 6.92 Å². The second-order valence-corrected chi connectivity index (χ2v) is 10.8. The van der Waals surface area contributed by atoms with Crippen LogP contribution < -0.4 is 15.2 Å². The van der Waals surface area contributed by atoms with E-state index in [1.165, 1.54) is 6.08 Å². The van der Waals surface area contributed by atoms with Gasteiger partial charge in [-0.25, -0.2) is 9.36 Å². The summed E-state index contributed by atoms with van der Waals surface area (Å²) in [6.07, 6.45) is 2.15. The fourth-order valence-corrected chi connectivity index (χ4v) is 6.53. The topological polar surface area (TPSA) is 79.4 Å². The largest absolute Gasteiger partial charge is 0.442 e. The molecule has 1 unspecified atom stereocenters. The van der Waals surface area contributed by atoms with Crippen molar-refractivity contribution in [3.63, 3.8) is 0 Å². The molecule has 2 aliphatic heterocycles. The smallest absolute Gasteiger partial charge is 0.349 e. The molecule has 2 aromatic heterocycles. The highest BCUT2D eigenvalue weighted by atomic mass is 35.5. The van der Waals surface area contributed by atoms with Gasteiger partial charge in [0.15, 0.2) is 17.8 Å². The second kappa shape index (κ2) is 9.71. The van der Waals surface area contributed by atoms with Crippen molar-refractivity contribution in [3.05, 3.63) is 93.4 Å². The standard InChI is InChI=1S/C31H29ClN5O3/c1-5-26(39)34-13-14-35(19(3)16-34)29-24-15-25(32)28(23-11-7-6-10-21(23)17-38)36-20(4)22-12-8-9-18(2)27(22)37(30(24)36)31(40)33-29/h5-12,15,17,19-20H,1,13-14,16H2,2-4H3/q+1/t19-,20?/m0/s1. The maximum Gasteiger partial charge on any atom is 0.442 e. The van der Waals surface area contributed by atoms with Gasteiger partial charge in [-0.3, -0.25) is 9.59 Å². The number of aryl methyl sites for hydroxylation is 1. The van der Waals surface area contributed by atoms with Crippen molar-refractivity contribution in [2.45, 2.75) is 32.9 Å². The van der Waals surface area contributed by atoms with Gasteiger partial charge in [-0.15, -0.1) is 4.57 Å². The van der Waals surface area contributed by atoms with Gasteiger partial charge in [-0.2, -0.15) is 4.98 Å². The Balaban J connectivity index is 1.70. The predicted molar refractivity (Wildman–Crippen MR) is 156 cm³/mol. The number of benzene rings is 2. The average molecular weight is 555 g/mol. The fourth-order valence-electron chi connectivity index (χ4n) is 6.23. The Morgan fingerprint density at radius 1 is 1.15 bits per heavy atom. The number of carbonyl (C=O) groups is 2. The first-order chi connectivity index (χ1) is 19.3. The number of anilines is 1. The summed E-state index contributed by atoms with van der Waals surface area (Å²) in [5.74, 6) is 0.416. The molecule has 0 saturated carbocycles. The molecule has 0 N–H and O–H groups in total. The molecule has 0 bridgehead atoms. The Bertz CT molecular complexity index is 1800. The molecule has 202 valence electrons. The Morgan fingerprint density at radius 2 is 1.93 bits per heavy atom. The van der Waals surface area contributed by atoms with Crippen molar-refractivity contribution >= 4 is 40.6 Å². The lowest BCUT2D eigenvalue weighted by Gasteiger charge is -2.40. The quantitative estimate of drug-likeness (QED) is 0.214. The van der Waals surface area contributed by atoms with Crippen molar-refractivity contribution in [3.8, 4) is 16.9 Å². The molecule has 1 amide bonds. The van der Waals surface area contributed by atoms with E-state index in [1.54, 1.807) is 15.5 Å². The number of fused-ring (bicyclic) bond motifs is 2. The van der Waals surface area contributed by atoms with Crippen molar-refractivity contribution in [1.29, 1.82) is 0 Å². The molecule has 2 aromatic carbocycles. The number of hydrogen-bond donors (Lipinski definition) is 0. The van der Waals surface area contributed by atoms with Gasteiger partial charge in [0.1, 0.15) is 17.1 Å². The molecule has 40 heavy (non-hydrogen) atoms. The van der Waals surface area contributed by atoms with Gasteiger partial charge in [-0.05, 0) is 44.5 Å². The van der Waals surface area contributed by atoms with Crippen molar-refractivity contribution < 1.29 is 14.2 Å². The third-order valence-corrected chi connectivity index (χ3v) is 8.40. The predicted octanol–water partition coefficient (Wildman–Crippen LogP) is 4.26. The molecule has 0 aliphatic carbocycles. The summed E-state index contributed by atoms with van der Waals surface area (Å²) in [6, 6.07) is 14.9. The lowest BCUT2D eigenvalue weighted by atomic mass is 9.96. The zero-order valence-corrected chi connectivity index (χ0v) is 23.4. The summed E-state index contributed by atoms with van der Waals surface area (Å²) in [6.45, 7) is 11.2. The maximum atomic E-state index is 14.0. The zero-order valence-electron chi connectivity index (χ0n) is 22.6. The molecular formula is C31H29ClN5O3+. The van der Waals surface area contributed by atoms with E-state index in [1.807, 2.05) is 56.3 Å². The molecule has 1 fully saturated rings. The van der Waals surface area contributed by atoms with E-state index in [-0.39, 0.29) is 18.0 Å². The van der Waals surface area contributed by atoms with Crippen LogP contribution in [0.5, 0.6) is 0 Å². The Kier molecular flexibility index (Phi) is 6.30. The number of nitrogens with zero attached hydrogens (tertiary/aromatic N) is 5. The van der Waals surface area contributed by atoms with Gasteiger partial charge in [-0.1, -0.05) is 54.6 Å². The summed E-state index contributed by atoms with van der Waals surface area (Å²) in [7, 11) is 0. The number of halogens is 1. The first-order valence-electron chi connectivity index (χ1n) is 13.3. The van der Waals surface area contributed by atoms with Gasteiger partial charge in [0.2, 0.25) is 5.91 Å². The number of amides is 1. The molecule has 6 rings (SSSR count). The zero-order chi connectivity index (χ0) is 28.3. The Hall–Kier alpha value is -4.30. The van der Waals surface area contributed by atoms with Gasteiger partial charge >= 0.3 is 11.3 Å². The highest BCUT2D eigenvalue weighted by molar-refractivity contribution is 6.33. The van der Waals surface area contributed by atoms with E-state index in [0.717, 1.165) is 28.5 Å². The van der Waals surface area contributed by atoms with E-state index in [4.69, 9.17) is 11.6 Å². The summed E-state index contributed by atoms with van der Waals surface area (Å²) < 4.78 is 3.74. The van der Waals surface area contributed by atoms with Gasteiger partial charge in [0, 0.05) is 42.4 Å². The van der Waals surface area contributed by atoms with Crippen LogP contribution in [0.3, 0.4) is 0 Å². The molecule has 4 aromatic rings. The van der Waals surface area contributed by atoms with E-state index in [0.29, 0.717) is 52.9 Å². The number of rotatable bonds is 4. The lowest BCUT2D eigenvalue weighted by Crippen LogP contribution is -2.55. The second-order valence-electron chi connectivity index (χ2n) is 10.4. The first kappa shape index (κ1) is 26.0. The first-order valence-corrected chi connectivity index (χ1v) is 13.7. The lowest BCUT2D eigenvalue weighted by molar-refractivity contribution is -0.678. The molecule has 4 heterocycles. The minimum atomic E-state index is -0.396. The number of para-hydroxylation sites is 1. The minimum absolute atomic E-state index is 0.0966. The van der Waals surface area contributed by atoms with Crippen LogP contribution in [0.15, 0.2) is 66.0 Å². The van der Waals surface area contributed by atoms with Gasteiger partial charge in [0.05, 0.1) is 5.02 Å². The average Bonchev–Trinajstić information content (AvgIpc) is 2.95. The van der Waals surface area contributed by atoms with E-state index < -0.39 is 5.69 Å². The van der Waals surface area contributed by atoms with Crippen LogP contribution in [0.4, 0.5) is 5.82 Å². The third-order valence-electron chi connectivity index (χ3n) is 8.11. The highest BCUT2D eigenvalue weighted by Crippen LogP contribution is 2.39. The van der Waals surface area contributed by atoms with Crippen molar-refractivity contribution in [2.24, 2.45) is 0 Å². The fraction of sp³-hybridized carbons (Fsp3) is 0.258. The van der Waals surface area contributed by atoms with Crippen molar-refractivity contribution in [1.82, 2.24) is 14.5 Å².